The molecule has 2 aromatic rings. The lowest BCUT2D eigenvalue weighted by molar-refractivity contribution is -0.128. The van der Waals surface area contributed by atoms with Crippen molar-refractivity contribution in [2.24, 2.45) is 0 Å². The number of rotatable bonds is 8. The second-order valence-electron chi connectivity index (χ2n) is 7.09. The number of nitrogens with zero attached hydrogens (tertiary/aromatic N) is 1. The first-order valence-electron chi connectivity index (χ1n) is 9.55. The first kappa shape index (κ1) is 19.8. The Morgan fingerprint density at radius 2 is 1.82 bits per heavy atom. The van der Waals surface area contributed by atoms with Gasteiger partial charge in [-0.05, 0) is 36.1 Å². The summed E-state index contributed by atoms with van der Waals surface area (Å²) in [4.78, 5) is 25.0. The fourth-order valence-electron chi connectivity index (χ4n) is 3.49. The van der Waals surface area contributed by atoms with Crippen LogP contribution < -0.4 is 0 Å². The van der Waals surface area contributed by atoms with Crippen molar-refractivity contribution in [3.8, 4) is 0 Å². The van der Waals surface area contributed by atoms with Crippen LogP contribution in [0.5, 0.6) is 0 Å². The van der Waals surface area contributed by atoms with Gasteiger partial charge in [-0.1, -0.05) is 54.6 Å². The Morgan fingerprint density at radius 3 is 2.50 bits per heavy atom. The summed E-state index contributed by atoms with van der Waals surface area (Å²) in [5.41, 5.74) is 2.33. The number of amides is 1. The average Bonchev–Trinajstić information content (AvgIpc) is 3.05. The number of carbonyl (C=O) groups is 2. The van der Waals surface area contributed by atoms with Gasteiger partial charge in [-0.25, -0.2) is 4.79 Å². The Morgan fingerprint density at radius 1 is 1.11 bits per heavy atom. The molecule has 1 aliphatic heterocycles. The Kier molecular flexibility index (Phi) is 6.61. The second-order valence-corrected chi connectivity index (χ2v) is 7.09. The lowest BCUT2D eigenvalue weighted by atomic mass is 10.1. The van der Waals surface area contributed by atoms with Gasteiger partial charge in [0.1, 0.15) is 0 Å². The van der Waals surface area contributed by atoms with Crippen molar-refractivity contribution in [2.75, 3.05) is 6.54 Å². The van der Waals surface area contributed by atoms with Crippen LogP contribution in [0.3, 0.4) is 0 Å². The number of likely N-dealkylation sites (tertiary alicyclic amines) is 1. The number of hydrogen-bond acceptors (Lipinski definition) is 3. The molecule has 1 fully saturated rings. The van der Waals surface area contributed by atoms with E-state index in [0.29, 0.717) is 25.8 Å². The molecule has 1 aliphatic rings. The van der Waals surface area contributed by atoms with Gasteiger partial charge in [-0.2, -0.15) is 0 Å². The zero-order valence-electron chi connectivity index (χ0n) is 15.7. The second kappa shape index (κ2) is 9.33. The third-order valence-corrected chi connectivity index (χ3v) is 5.06. The molecule has 5 heteroatoms. The third-order valence-electron chi connectivity index (χ3n) is 5.06. The van der Waals surface area contributed by atoms with Crippen molar-refractivity contribution in [3.63, 3.8) is 0 Å². The number of hydrogen-bond donors (Lipinski definition) is 2. The number of aromatic carboxylic acids is 1. The number of benzene rings is 2. The molecule has 0 aromatic heterocycles. The predicted octanol–water partition coefficient (Wildman–Crippen LogP) is 3.08. The molecular formula is C23H25NO4. The summed E-state index contributed by atoms with van der Waals surface area (Å²) in [7, 11) is 0. The van der Waals surface area contributed by atoms with Gasteiger partial charge >= 0.3 is 5.97 Å². The van der Waals surface area contributed by atoms with Gasteiger partial charge in [0.2, 0.25) is 5.91 Å². The molecule has 2 N–H and O–H groups in total. The summed E-state index contributed by atoms with van der Waals surface area (Å²) in [6.07, 6.45) is 5.63. The molecule has 0 bridgehead atoms. The number of aliphatic hydroxyl groups excluding tert-OH is 1. The Bertz CT molecular complexity index is 829. The van der Waals surface area contributed by atoms with Gasteiger partial charge < -0.3 is 15.1 Å². The Balaban J connectivity index is 1.55. The van der Waals surface area contributed by atoms with E-state index in [2.05, 4.69) is 0 Å². The standard InChI is InChI=1S/C23H25NO4/c25-21(16-18-4-2-1-3-5-18)12-10-20-11-13-22(26)24(20)15-14-17-6-8-19(9-7-17)23(27)28/h1-10,12,20-21,25H,11,13-16H2,(H,27,28)/b12-10+/t20?,21-/m1/s1. The first-order chi connectivity index (χ1) is 13.5. The molecule has 1 amide bonds. The van der Waals surface area contributed by atoms with Gasteiger partial charge in [0.05, 0.1) is 17.7 Å². The molecule has 0 spiro atoms. The van der Waals surface area contributed by atoms with Crippen LogP contribution in [0.15, 0.2) is 66.7 Å². The highest BCUT2D eigenvalue weighted by Crippen LogP contribution is 2.21. The average molecular weight is 379 g/mol. The van der Waals surface area contributed by atoms with Crippen LogP contribution in [0, 0.1) is 0 Å². The van der Waals surface area contributed by atoms with Crippen molar-refractivity contribution < 1.29 is 19.8 Å². The molecule has 1 heterocycles. The molecule has 0 saturated carbocycles. The van der Waals surface area contributed by atoms with Crippen LogP contribution in [-0.2, 0) is 17.6 Å². The highest BCUT2D eigenvalue weighted by atomic mass is 16.4. The Hall–Kier alpha value is -2.92. The molecule has 1 saturated heterocycles. The van der Waals surface area contributed by atoms with E-state index in [1.54, 1.807) is 30.3 Å². The minimum absolute atomic E-state index is 0.00350. The molecule has 0 aliphatic carbocycles. The lowest BCUT2D eigenvalue weighted by Crippen LogP contribution is -2.33. The number of carboxylic acid groups (broad SMARTS) is 1. The summed E-state index contributed by atoms with van der Waals surface area (Å²) in [6, 6.07) is 16.6. The minimum atomic E-state index is -0.944. The summed E-state index contributed by atoms with van der Waals surface area (Å²) < 4.78 is 0. The topological polar surface area (TPSA) is 77.8 Å². The number of aliphatic hydroxyl groups is 1. The van der Waals surface area contributed by atoms with Crippen LogP contribution in [0.2, 0.25) is 0 Å². The van der Waals surface area contributed by atoms with Gasteiger partial charge in [-0.15, -0.1) is 0 Å². The van der Waals surface area contributed by atoms with Crippen LogP contribution in [0.1, 0.15) is 34.3 Å². The van der Waals surface area contributed by atoms with E-state index in [4.69, 9.17) is 5.11 Å². The predicted molar refractivity (Wildman–Crippen MR) is 107 cm³/mol. The van der Waals surface area contributed by atoms with Crippen LogP contribution in [0.25, 0.3) is 0 Å². The smallest absolute Gasteiger partial charge is 0.335 e. The van der Waals surface area contributed by atoms with E-state index in [0.717, 1.165) is 17.5 Å². The molecule has 0 radical (unpaired) electrons. The molecular weight excluding hydrogens is 354 g/mol. The fourth-order valence-corrected chi connectivity index (χ4v) is 3.49. The van der Waals surface area contributed by atoms with E-state index in [1.807, 2.05) is 41.3 Å². The molecule has 1 unspecified atom stereocenters. The highest BCUT2D eigenvalue weighted by Gasteiger charge is 2.28. The van der Waals surface area contributed by atoms with Crippen molar-refractivity contribution in [1.82, 2.24) is 4.90 Å². The van der Waals surface area contributed by atoms with E-state index >= 15 is 0 Å². The van der Waals surface area contributed by atoms with Crippen molar-refractivity contribution in [1.29, 1.82) is 0 Å². The van der Waals surface area contributed by atoms with Gasteiger partial charge in [-0.3, -0.25) is 4.79 Å². The minimum Gasteiger partial charge on any atom is -0.478 e. The lowest BCUT2D eigenvalue weighted by Gasteiger charge is -2.23. The maximum atomic E-state index is 12.2. The molecule has 2 aromatic carbocycles. The van der Waals surface area contributed by atoms with Gasteiger partial charge in [0, 0.05) is 19.4 Å². The molecule has 28 heavy (non-hydrogen) atoms. The van der Waals surface area contributed by atoms with E-state index in [-0.39, 0.29) is 17.5 Å². The van der Waals surface area contributed by atoms with Crippen LogP contribution in [-0.4, -0.2) is 45.7 Å². The first-order valence-corrected chi connectivity index (χ1v) is 9.55. The quantitative estimate of drug-likeness (QED) is 0.691. The zero-order chi connectivity index (χ0) is 19.9. The SMILES string of the molecule is O=C(O)c1ccc(CCN2C(=O)CCC2/C=C/[C@@H](O)Cc2ccccc2)cc1. The summed E-state index contributed by atoms with van der Waals surface area (Å²) in [6.45, 7) is 0.578. The Labute approximate surface area is 164 Å². The van der Waals surface area contributed by atoms with Crippen molar-refractivity contribution in [3.05, 3.63) is 83.4 Å². The normalized spacial score (nSPS) is 18.0. The molecule has 146 valence electrons. The fraction of sp³-hybridized carbons (Fsp3) is 0.304. The molecule has 2 atom stereocenters. The maximum Gasteiger partial charge on any atom is 0.335 e. The summed E-state index contributed by atoms with van der Waals surface area (Å²) in [5.74, 6) is -0.824. The molecule has 3 rings (SSSR count). The van der Waals surface area contributed by atoms with E-state index in [1.165, 1.54) is 0 Å². The summed E-state index contributed by atoms with van der Waals surface area (Å²) in [5, 5.41) is 19.2. The van der Waals surface area contributed by atoms with Crippen molar-refractivity contribution in [2.45, 2.75) is 37.8 Å². The summed E-state index contributed by atoms with van der Waals surface area (Å²) >= 11 is 0. The van der Waals surface area contributed by atoms with Gasteiger partial charge in [0.15, 0.2) is 0 Å². The van der Waals surface area contributed by atoms with Crippen LogP contribution in [0.4, 0.5) is 0 Å². The van der Waals surface area contributed by atoms with Crippen LogP contribution >= 0.6 is 0 Å². The van der Waals surface area contributed by atoms with Gasteiger partial charge in [0.25, 0.3) is 0 Å². The van der Waals surface area contributed by atoms with E-state index in [9.17, 15) is 14.7 Å². The third kappa shape index (κ3) is 5.30. The van der Waals surface area contributed by atoms with Crippen molar-refractivity contribution >= 4 is 11.9 Å². The molecule has 5 nitrogen and oxygen atoms in total. The zero-order valence-corrected chi connectivity index (χ0v) is 15.7. The monoisotopic (exact) mass is 379 g/mol. The number of carbonyl (C=O) groups excluding carboxylic acids is 1. The number of carboxylic acids is 1. The maximum absolute atomic E-state index is 12.2. The largest absolute Gasteiger partial charge is 0.478 e. The van der Waals surface area contributed by atoms with E-state index < -0.39 is 12.1 Å². The highest BCUT2D eigenvalue weighted by molar-refractivity contribution is 5.87.